The van der Waals surface area contributed by atoms with Crippen molar-refractivity contribution in [3.63, 3.8) is 0 Å². The number of hydrogen-bond acceptors (Lipinski definition) is 3. The third-order valence-electron chi connectivity index (χ3n) is 2.54. The van der Waals surface area contributed by atoms with Gasteiger partial charge in [-0.05, 0) is 11.1 Å². The Kier molecular flexibility index (Phi) is 4.89. The lowest BCUT2D eigenvalue weighted by molar-refractivity contribution is 0.128. The molecule has 0 heterocycles. The summed E-state index contributed by atoms with van der Waals surface area (Å²) in [7, 11) is 2.26. The highest BCUT2D eigenvalue weighted by molar-refractivity contribution is 6.62. The lowest BCUT2D eigenvalue weighted by Crippen LogP contribution is -2.42. The largest absolute Gasteiger partial charge is 0.504 e. The standard InChI is InChI=1S/C12H18O3Si/c1-11(12-8-6-5-7-9-12)10-16(13-2,14-3)15-4/h5-9H,1,10H2,2-4H3. The minimum atomic E-state index is -2.56. The Balaban J connectivity index is 2.77. The summed E-state index contributed by atoms with van der Waals surface area (Å²) >= 11 is 0. The van der Waals surface area contributed by atoms with E-state index in [1.165, 1.54) is 0 Å². The van der Waals surface area contributed by atoms with Gasteiger partial charge >= 0.3 is 8.80 Å². The summed E-state index contributed by atoms with van der Waals surface area (Å²) in [5, 5.41) is 0. The van der Waals surface area contributed by atoms with E-state index in [1.807, 2.05) is 30.3 Å². The fraction of sp³-hybridized carbons (Fsp3) is 0.333. The van der Waals surface area contributed by atoms with E-state index in [0.29, 0.717) is 6.04 Å². The quantitative estimate of drug-likeness (QED) is 0.713. The second-order valence-electron chi connectivity index (χ2n) is 3.44. The molecule has 0 spiro atoms. The Bertz CT molecular complexity index is 325. The molecular weight excluding hydrogens is 220 g/mol. The van der Waals surface area contributed by atoms with Crippen molar-refractivity contribution in [3.8, 4) is 0 Å². The number of allylic oxidation sites excluding steroid dienone is 1. The summed E-state index contributed by atoms with van der Waals surface area (Å²) in [6, 6.07) is 10.6. The molecule has 1 aromatic carbocycles. The van der Waals surface area contributed by atoms with E-state index in [1.54, 1.807) is 21.3 Å². The van der Waals surface area contributed by atoms with Gasteiger partial charge in [0.25, 0.3) is 0 Å². The van der Waals surface area contributed by atoms with Crippen LogP contribution in [0.5, 0.6) is 0 Å². The zero-order valence-electron chi connectivity index (χ0n) is 10.0. The molecule has 0 bridgehead atoms. The van der Waals surface area contributed by atoms with Crippen LogP contribution in [0.1, 0.15) is 5.56 Å². The number of rotatable bonds is 6. The van der Waals surface area contributed by atoms with Crippen molar-refractivity contribution in [2.45, 2.75) is 6.04 Å². The van der Waals surface area contributed by atoms with Gasteiger partial charge in [0.05, 0.1) is 0 Å². The van der Waals surface area contributed by atoms with Gasteiger partial charge in [0.15, 0.2) is 0 Å². The van der Waals surface area contributed by atoms with Crippen LogP contribution in [0, 0.1) is 0 Å². The molecule has 0 unspecified atom stereocenters. The topological polar surface area (TPSA) is 27.7 Å². The average molecular weight is 238 g/mol. The highest BCUT2D eigenvalue weighted by Gasteiger charge is 2.38. The molecule has 1 aromatic rings. The molecule has 4 heteroatoms. The summed E-state index contributed by atoms with van der Waals surface area (Å²) in [6.07, 6.45) is 0. The van der Waals surface area contributed by atoms with Gasteiger partial charge in [-0.25, -0.2) is 0 Å². The highest BCUT2D eigenvalue weighted by atomic mass is 28.4. The molecule has 0 aliphatic carbocycles. The average Bonchev–Trinajstić information content (AvgIpc) is 2.37. The number of benzene rings is 1. The van der Waals surface area contributed by atoms with Gasteiger partial charge in [0.1, 0.15) is 0 Å². The lowest BCUT2D eigenvalue weighted by Gasteiger charge is -2.25. The molecule has 0 fully saturated rings. The van der Waals surface area contributed by atoms with Gasteiger partial charge in [-0.3, -0.25) is 0 Å². The van der Waals surface area contributed by atoms with Crippen LogP contribution in [0.15, 0.2) is 36.9 Å². The molecule has 0 N–H and O–H groups in total. The van der Waals surface area contributed by atoms with E-state index in [-0.39, 0.29) is 0 Å². The van der Waals surface area contributed by atoms with Crippen LogP contribution in [0.4, 0.5) is 0 Å². The molecule has 0 radical (unpaired) electrons. The fourth-order valence-electron chi connectivity index (χ4n) is 1.50. The zero-order valence-corrected chi connectivity index (χ0v) is 11.0. The zero-order chi connectivity index (χ0) is 12.0. The highest BCUT2D eigenvalue weighted by Crippen LogP contribution is 2.25. The molecule has 0 amide bonds. The summed E-state index contributed by atoms with van der Waals surface area (Å²) in [6.45, 7) is 4.05. The fourth-order valence-corrected chi connectivity index (χ4v) is 3.16. The van der Waals surface area contributed by atoms with Gasteiger partial charge in [0.2, 0.25) is 0 Å². The molecule has 1 rings (SSSR count). The maximum absolute atomic E-state index is 5.36. The molecule has 88 valence electrons. The van der Waals surface area contributed by atoms with Gasteiger partial charge in [-0.1, -0.05) is 36.9 Å². The van der Waals surface area contributed by atoms with Gasteiger partial charge in [0, 0.05) is 27.4 Å². The monoisotopic (exact) mass is 238 g/mol. The molecule has 0 aliphatic rings. The summed E-state index contributed by atoms with van der Waals surface area (Å²) < 4.78 is 16.1. The van der Waals surface area contributed by atoms with Crippen LogP contribution in [-0.2, 0) is 13.3 Å². The van der Waals surface area contributed by atoms with Crippen molar-refractivity contribution in [1.29, 1.82) is 0 Å². The Labute approximate surface area is 98.0 Å². The van der Waals surface area contributed by atoms with Crippen LogP contribution >= 0.6 is 0 Å². The molecule has 0 saturated heterocycles. The van der Waals surface area contributed by atoms with Crippen molar-refractivity contribution in [2.75, 3.05) is 21.3 Å². The minimum absolute atomic E-state index is 0.598. The van der Waals surface area contributed by atoms with E-state index >= 15 is 0 Å². The maximum atomic E-state index is 5.36. The first-order chi connectivity index (χ1) is 7.67. The van der Waals surface area contributed by atoms with Gasteiger partial charge < -0.3 is 13.3 Å². The van der Waals surface area contributed by atoms with E-state index < -0.39 is 8.80 Å². The van der Waals surface area contributed by atoms with Crippen LogP contribution in [0.25, 0.3) is 5.57 Å². The Morgan fingerprint density at radius 3 is 2.00 bits per heavy atom. The van der Waals surface area contributed by atoms with E-state index in [4.69, 9.17) is 13.3 Å². The third-order valence-corrected chi connectivity index (χ3v) is 5.27. The Morgan fingerprint density at radius 1 is 1.06 bits per heavy atom. The van der Waals surface area contributed by atoms with E-state index in [0.717, 1.165) is 11.1 Å². The summed E-state index contributed by atoms with van der Waals surface area (Å²) in [5.74, 6) is 0. The van der Waals surface area contributed by atoms with Crippen molar-refractivity contribution >= 4 is 14.4 Å². The Morgan fingerprint density at radius 2 is 1.56 bits per heavy atom. The Hall–Kier alpha value is -0.943. The molecule has 0 aliphatic heterocycles. The van der Waals surface area contributed by atoms with Crippen LogP contribution in [-0.4, -0.2) is 30.1 Å². The second kappa shape index (κ2) is 5.96. The van der Waals surface area contributed by atoms with Gasteiger partial charge in [-0.2, -0.15) is 0 Å². The third kappa shape index (κ3) is 3.02. The van der Waals surface area contributed by atoms with Crippen molar-refractivity contribution in [2.24, 2.45) is 0 Å². The lowest BCUT2D eigenvalue weighted by atomic mass is 10.1. The van der Waals surface area contributed by atoms with Crippen molar-refractivity contribution in [1.82, 2.24) is 0 Å². The molecule has 0 atom stereocenters. The van der Waals surface area contributed by atoms with Crippen molar-refractivity contribution < 1.29 is 13.3 Å². The number of hydrogen-bond donors (Lipinski definition) is 0. The molecular formula is C12H18O3Si. The summed E-state index contributed by atoms with van der Waals surface area (Å²) in [4.78, 5) is 0. The van der Waals surface area contributed by atoms with E-state index in [2.05, 4.69) is 6.58 Å². The maximum Gasteiger partial charge on any atom is 0.504 e. The first-order valence-corrected chi connectivity index (χ1v) is 6.99. The smallest absolute Gasteiger partial charge is 0.377 e. The molecule has 0 saturated carbocycles. The van der Waals surface area contributed by atoms with Crippen LogP contribution in [0.3, 0.4) is 0 Å². The van der Waals surface area contributed by atoms with E-state index in [9.17, 15) is 0 Å². The molecule has 0 aromatic heterocycles. The van der Waals surface area contributed by atoms with Crippen LogP contribution < -0.4 is 0 Å². The van der Waals surface area contributed by atoms with Crippen LogP contribution in [0.2, 0.25) is 6.04 Å². The normalized spacial score (nSPS) is 11.4. The predicted octanol–water partition coefficient (Wildman–Crippen LogP) is 2.58. The second-order valence-corrected chi connectivity index (χ2v) is 6.39. The molecule has 3 nitrogen and oxygen atoms in total. The van der Waals surface area contributed by atoms with Crippen molar-refractivity contribution in [3.05, 3.63) is 42.5 Å². The first kappa shape index (κ1) is 13.1. The SMILES string of the molecule is C=C(C[Si](OC)(OC)OC)c1ccccc1. The van der Waals surface area contributed by atoms with Gasteiger partial charge in [-0.15, -0.1) is 0 Å². The first-order valence-electron chi connectivity index (χ1n) is 5.06. The minimum Gasteiger partial charge on any atom is -0.377 e. The molecule has 16 heavy (non-hydrogen) atoms. The summed E-state index contributed by atoms with van der Waals surface area (Å²) in [5.41, 5.74) is 2.06. The predicted molar refractivity (Wildman–Crippen MR) is 67.1 cm³/mol.